The Kier molecular flexibility index (Phi) is 3.29. The molecule has 0 amide bonds. The number of rotatable bonds is 2. The number of H-pyrrole nitrogens is 1. The number of halogens is 2. The molecule has 2 aromatic rings. The quantitative estimate of drug-likeness (QED) is 0.892. The van der Waals surface area contributed by atoms with Crippen LogP contribution in [0, 0.1) is 23.0 Å². The lowest BCUT2D eigenvalue weighted by Crippen LogP contribution is -2.21. The van der Waals surface area contributed by atoms with Gasteiger partial charge in [0.2, 0.25) is 11.8 Å². The number of nitrogens with one attached hydrogen (secondary N) is 1. The van der Waals surface area contributed by atoms with Crippen LogP contribution in [0.25, 0.3) is 0 Å². The third-order valence-corrected chi connectivity index (χ3v) is 3.65. The molecule has 1 atom stereocenters. The van der Waals surface area contributed by atoms with Crippen LogP contribution in [0.4, 0.5) is 8.78 Å². The molecule has 2 heterocycles. The van der Waals surface area contributed by atoms with Crippen molar-refractivity contribution in [1.29, 1.82) is 5.26 Å². The lowest BCUT2D eigenvalue weighted by atomic mass is 9.83. The van der Waals surface area contributed by atoms with E-state index in [2.05, 4.69) is 10.2 Å². The Morgan fingerprint density at radius 1 is 1.41 bits per heavy atom. The molecule has 1 aromatic heterocycles. The number of nitrogens with two attached hydrogens (primary N) is 1. The first-order valence-electron chi connectivity index (χ1n) is 6.66. The molecule has 5 nitrogen and oxygen atoms in total. The summed E-state index contributed by atoms with van der Waals surface area (Å²) in [7, 11) is 0. The van der Waals surface area contributed by atoms with Crippen molar-refractivity contribution in [2.24, 2.45) is 5.73 Å². The zero-order valence-corrected chi connectivity index (χ0v) is 11.7. The van der Waals surface area contributed by atoms with E-state index >= 15 is 0 Å². The summed E-state index contributed by atoms with van der Waals surface area (Å²) in [5.74, 6) is -2.41. The predicted octanol–water partition coefficient (Wildman–Crippen LogP) is 2.47. The van der Waals surface area contributed by atoms with Gasteiger partial charge >= 0.3 is 0 Å². The number of nitrogens with zero attached hydrogens (tertiary/aromatic N) is 2. The van der Waals surface area contributed by atoms with E-state index < -0.39 is 17.6 Å². The fourth-order valence-electron chi connectivity index (χ4n) is 2.60. The maximum atomic E-state index is 13.6. The van der Waals surface area contributed by atoms with E-state index in [1.54, 1.807) is 0 Å². The van der Waals surface area contributed by atoms with E-state index in [0.717, 1.165) is 17.8 Å². The molecule has 1 aliphatic rings. The highest BCUT2D eigenvalue weighted by Gasteiger charge is 2.35. The molecule has 0 saturated carbocycles. The number of allylic oxidation sites excluding steroid dienone is 1. The van der Waals surface area contributed by atoms with E-state index in [1.807, 2.05) is 13.0 Å². The number of nitriles is 1. The van der Waals surface area contributed by atoms with Crippen LogP contribution < -0.4 is 10.5 Å². The minimum absolute atomic E-state index is 0.0844. The Hall–Kier alpha value is -2.88. The maximum Gasteiger partial charge on any atom is 0.244 e. The molecule has 1 aliphatic heterocycles. The number of ether oxygens (including phenoxy) is 1. The third kappa shape index (κ3) is 2.00. The molecule has 7 heteroatoms. The fraction of sp³-hybridized carbons (Fsp3) is 0.200. The lowest BCUT2D eigenvalue weighted by molar-refractivity contribution is 0.378. The van der Waals surface area contributed by atoms with Gasteiger partial charge in [-0.2, -0.15) is 5.26 Å². The summed E-state index contributed by atoms with van der Waals surface area (Å²) in [6.45, 7) is 1.91. The first-order valence-corrected chi connectivity index (χ1v) is 6.66. The molecule has 0 fully saturated rings. The van der Waals surface area contributed by atoms with Crippen molar-refractivity contribution in [2.45, 2.75) is 19.3 Å². The molecule has 3 N–H and O–H groups in total. The highest BCUT2D eigenvalue weighted by atomic mass is 19.2. The number of aromatic amines is 1. The summed E-state index contributed by atoms with van der Waals surface area (Å²) in [4.78, 5) is 0. The fourth-order valence-corrected chi connectivity index (χ4v) is 2.60. The minimum atomic E-state index is -0.983. The van der Waals surface area contributed by atoms with E-state index in [9.17, 15) is 14.0 Å². The molecule has 1 aromatic carbocycles. The Bertz CT molecular complexity index is 819. The van der Waals surface area contributed by atoms with E-state index in [4.69, 9.17) is 10.5 Å². The number of fused-ring (bicyclic) bond motifs is 1. The molecule has 0 spiro atoms. The van der Waals surface area contributed by atoms with Crippen molar-refractivity contribution in [2.75, 3.05) is 0 Å². The van der Waals surface area contributed by atoms with Crippen LogP contribution in [-0.4, -0.2) is 10.2 Å². The summed E-state index contributed by atoms with van der Waals surface area (Å²) < 4.78 is 32.1. The Balaban J connectivity index is 2.24. The monoisotopic (exact) mass is 302 g/mol. The van der Waals surface area contributed by atoms with Gasteiger partial charge in [-0.25, -0.2) is 8.78 Å². The second-order valence-electron chi connectivity index (χ2n) is 4.87. The van der Waals surface area contributed by atoms with Gasteiger partial charge in [-0.3, -0.25) is 5.10 Å². The van der Waals surface area contributed by atoms with Crippen molar-refractivity contribution >= 4 is 0 Å². The van der Waals surface area contributed by atoms with Gasteiger partial charge < -0.3 is 10.5 Å². The number of hydrogen-bond donors (Lipinski definition) is 2. The second kappa shape index (κ2) is 5.15. The molecule has 0 aliphatic carbocycles. The average Bonchev–Trinajstić information content (AvgIpc) is 2.91. The maximum absolute atomic E-state index is 13.6. The summed E-state index contributed by atoms with van der Waals surface area (Å²) >= 11 is 0. The third-order valence-electron chi connectivity index (χ3n) is 3.65. The van der Waals surface area contributed by atoms with Gasteiger partial charge in [-0.05, 0) is 24.1 Å². The SMILES string of the molecule is CCc1[nH]nc2c1[C@H](c1ccc(F)c(F)c1)C(C#N)=C(N)O2. The lowest BCUT2D eigenvalue weighted by Gasteiger charge is -2.24. The normalized spacial score (nSPS) is 16.9. The molecular formula is C15H12F2N4O. The van der Waals surface area contributed by atoms with Crippen molar-refractivity contribution in [1.82, 2.24) is 10.2 Å². The summed E-state index contributed by atoms with van der Waals surface area (Å²) in [6, 6.07) is 5.50. The van der Waals surface area contributed by atoms with Crippen LogP contribution >= 0.6 is 0 Å². The second-order valence-corrected chi connectivity index (χ2v) is 4.87. The minimum Gasteiger partial charge on any atom is -0.420 e. The van der Waals surface area contributed by atoms with Crippen LogP contribution in [0.15, 0.2) is 29.7 Å². The average molecular weight is 302 g/mol. The molecule has 22 heavy (non-hydrogen) atoms. The summed E-state index contributed by atoms with van der Waals surface area (Å²) in [5, 5.41) is 16.2. The standard InChI is InChI=1S/C15H12F2N4O/c1-2-11-13-12(7-3-4-9(16)10(17)5-7)8(6-18)14(19)22-15(13)21-20-11/h3-5,12H,2,19H2,1H3,(H,20,21)/t12-/m1/s1. The van der Waals surface area contributed by atoms with Gasteiger partial charge in [0, 0.05) is 11.3 Å². The first-order chi connectivity index (χ1) is 10.6. The molecule has 112 valence electrons. The largest absolute Gasteiger partial charge is 0.420 e. The molecular weight excluding hydrogens is 290 g/mol. The van der Waals surface area contributed by atoms with Crippen LogP contribution in [0.5, 0.6) is 5.88 Å². The highest BCUT2D eigenvalue weighted by Crippen LogP contribution is 2.43. The zero-order valence-electron chi connectivity index (χ0n) is 11.7. The van der Waals surface area contributed by atoms with Crippen LogP contribution in [0.1, 0.15) is 29.7 Å². The molecule has 0 bridgehead atoms. The summed E-state index contributed by atoms with van der Waals surface area (Å²) in [5.41, 5.74) is 7.71. The zero-order chi connectivity index (χ0) is 15.9. The number of hydrogen-bond acceptors (Lipinski definition) is 4. The number of aryl methyl sites for hydroxylation is 1. The highest BCUT2D eigenvalue weighted by molar-refractivity contribution is 5.55. The number of benzene rings is 1. The van der Waals surface area contributed by atoms with E-state index in [1.165, 1.54) is 6.07 Å². The van der Waals surface area contributed by atoms with Crippen molar-refractivity contribution in [3.8, 4) is 11.9 Å². The van der Waals surface area contributed by atoms with Crippen molar-refractivity contribution in [3.63, 3.8) is 0 Å². The van der Waals surface area contributed by atoms with E-state index in [-0.39, 0.29) is 17.3 Å². The Morgan fingerprint density at radius 2 is 2.18 bits per heavy atom. The van der Waals surface area contributed by atoms with Gasteiger partial charge in [-0.15, -0.1) is 5.10 Å². The van der Waals surface area contributed by atoms with Crippen LogP contribution in [-0.2, 0) is 6.42 Å². The van der Waals surface area contributed by atoms with Gasteiger partial charge in [-0.1, -0.05) is 13.0 Å². The van der Waals surface area contributed by atoms with Gasteiger partial charge in [0.25, 0.3) is 0 Å². The summed E-state index contributed by atoms with van der Waals surface area (Å²) in [6.07, 6.45) is 0.616. The van der Waals surface area contributed by atoms with Crippen LogP contribution in [0.3, 0.4) is 0 Å². The van der Waals surface area contributed by atoms with Gasteiger partial charge in [0.15, 0.2) is 11.6 Å². The Labute approximate surface area is 125 Å². The molecule has 3 rings (SSSR count). The first kappa shape index (κ1) is 14.1. The molecule has 0 saturated heterocycles. The van der Waals surface area contributed by atoms with Gasteiger partial charge in [0.1, 0.15) is 11.6 Å². The molecule has 0 unspecified atom stereocenters. The van der Waals surface area contributed by atoms with Gasteiger partial charge in [0.05, 0.1) is 5.92 Å². The predicted molar refractivity (Wildman–Crippen MR) is 73.6 cm³/mol. The van der Waals surface area contributed by atoms with Crippen molar-refractivity contribution in [3.05, 3.63) is 58.1 Å². The number of aromatic nitrogens is 2. The molecule has 0 radical (unpaired) electrons. The smallest absolute Gasteiger partial charge is 0.244 e. The van der Waals surface area contributed by atoms with Crippen LogP contribution in [0.2, 0.25) is 0 Å². The Morgan fingerprint density at radius 3 is 2.82 bits per heavy atom. The topological polar surface area (TPSA) is 87.7 Å². The van der Waals surface area contributed by atoms with E-state index in [0.29, 0.717) is 17.5 Å². The van der Waals surface area contributed by atoms with Crippen molar-refractivity contribution < 1.29 is 13.5 Å².